The molecule has 2 nitrogen and oxygen atoms in total. The number of benzene rings is 1. The number of nitrogens with zero attached hydrogens (tertiary/aromatic N) is 1. The topological polar surface area (TPSA) is 26.0 Å². The minimum Gasteiger partial charge on any atom is -0.361 e. The van der Waals surface area contributed by atoms with E-state index in [4.69, 9.17) is 4.52 Å². The Hall–Kier alpha value is -1.57. The molecular formula is C17H23NO. The van der Waals surface area contributed by atoms with Crippen LogP contribution in [0.25, 0.3) is 11.3 Å². The van der Waals surface area contributed by atoms with Crippen LogP contribution in [-0.2, 0) is 6.42 Å². The van der Waals surface area contributed by atoms with Gasteiger partial charge >= 0.3 is 0 Å². The van der Waals surface area contributed by atoms with Gasteiger partial charge in [-0.05, 0) is 6.42 Å². The van der Waals surface area contributed by atoms with Crippen molar-refractivity contribution < 1.29 is 4.52 Å². The van der Waals surface area contributed by atoms with Crippen LogP contribution >= 0.6 is 0 Å². The van der Waals surface area contributed by atoms with Crippen molar-refractivity contribution in [2.75, 3.05) is 0 Å². The Kier molecular flexibility index (Phi) is 5.67. The fourth-order valence-corrected chi connectivity index (χ4v) is 2.26. The first-order chi connectivity index (χ1) is 9.40. The molecule has 102 valence electrons. The van der Waals surface area contributed by atoms with Crippen molar-refractivity contribution in [3.63, 3.8) is 0 Å². The summed E-state index contributed by atoms with van der Waals surface area (Å²) in [5.74, 6) is 1.01. The molecule has 0 aliphatic carbocycles. The van der Waals surface area contributed by atoms with E-state index in [1.165, 1.54) is 38.5 Å². The van der Waals surface area contributed by atoms with E-state index in [-0.39, 0.29) is 0 Å². The van der Waals surface area contributed by atoms with Crippen LogP contribution in [0.3, 0.4) is 0 Å². The average Bonchev–Trinajstić information content (AvgIpc) is 2.92. The van der Waals surface area contributed by atoms with Gasteiger partial charge in [-0.25, -0.2) is 0 Å². The maximum absolute atomic E-state index is 5.40. The molecule has 0 unspecified atom stereocenters. The van der Waals surface area contributed by atoms with E-state index in [0.717, 1.165) is 23.4 Å². The van der Waals surface area contributed by atoms with Crippen LogP contribution in [0.2, 0.25) is 0 Å². The lowest BCUT2D eigenvalue weighted by molar-refractivity contribution is 0.380. The Balaban J connectivity index is 1.75. The lowest BCUT2D eigenvalue weighted by Crippen LogP contribution is -1.83. The van der Waals surface area contributed by atoms with E-state index in [0.29, 0.717) is 0 Å². The lowest BCUT2D eigenvalue weighted by atomic mass is 10.1. The Morgan fingerprint density at radius 1 is 0.947 bits per heavy atom. The second-order valence-corrected chi connectivity index (χ2v) is 5.06. The molecule has 0 bridgehead atoms. The van der Waals surface area contributed by atoms with Crippen molar-refractivity contribution in [1.82, 2.24) is 5.16 Å². The van der Waals surface area contributed by atoms with Gasteiger partial charge in [-0.1, -0.05) is 74.5 Å². The molecule has 0 fully saturated rings. The molecule has 0 N–H and O–H groups in total. The fourth-order valence-electron chi connectivity index (χ4n) is 2.26. The Labute approximate surface area is 115 Å². The molecule has 2 heteroatoms. The summed E-state index contributed by atoms with van der Waals surface area (Å²) < 4.78 is 5.40. The molecule has 1 aromatic carbocycles. The standard InChI is InChI=1S/C17H23NO/c1-2-3-4-5-6-10-13-16-14-17(18-19-16)15-11-8-7-9-12-15/h7-9,11-12,14H,2-6,10,13H2,1H3. The van der Waals surface area contributed by atoms with E-state index in [9.17, 15) is 0 Å². The number of rotatable bonds is 8. The maximum atomic E-state index is 5.40. The number of aromatic nitrogens is 1. The maximum Gasteiger partial charge on any atom is 0.137 e. The van der Waals surface area contributed by atoms with Gasteiger partial charge in [-0.15, -0.1) is 0 Å². The van der Waals surface area contributed by atoms with Crippen molar-refractivity contribution in [3.8, 4) is 11.3 Å². The van der Waals surface area contributed by atoms with Gasteiger partial charge in [0, 0.05) is 18.1 Å². The molecule has 1 heterocycles. The zero-order valence-electron chi connectivity index (χ0n) is 11.8. The third-order valence-corrected chi connectivity index (χ3v) is 3.41. The monoisotopic (exact) mass is 257 g/mol. The van der Waals surface area contributed by atoms with Crippen LogP contribution < -0.4 is 0 Å². The predicted octanol–water partition coefficient (Wildman–Crippen LogP) is 5.24. The fraction of sp³-hybridized carbons (Fsp3) is 0.471. The summed E-state index contributed by atoms with van der Waals surface area (Å²) in [5.41, 5.74) is 2.07. The highest BCUT2D eigenvalue weighted by Gasteiger charge is 2.05. The highest BCUT2D eigenvalue weighted by Crippen LogP contribution is 2.19. The molecule has 0 radical (unpaired) electrons. The van der Waals surface area contributed by atoms with E-state index in [2.05, 4.69) is 30.3 Å². The molecular weight excluding hydrogens is 234 g/mol. The van der Waals surface area contributed by atoms with E-state index < -0.39 is 0 Å². The molecule has 0 saturated heterocycles. The van der Waals surface area contributed by atoms with Crippen molar-refractivity contribution in [1.29, 1.82) is 0 Å². The van der Waals surface area contributed by atoms with Crippen LogP contribution in [0.15, 0.2) is 40.9 Å². The van der Waals surface area contributed by atoms with Gasteiger partial charge in [0.15, 0.2) is 0 Å². The summed E-state index contributed by atoms with van der Waals surface area (Å²) >= 11 is 0. The number of unbranched alkanes of at least 4 members (excludes halogenated alkanes) is 5. The zero-order chi connectivity index (χ0) is 13.3. The molecule has 0 atom stereocenters. The molecule has 2 aromatic rings. The summed E-state index contributed by atoms with van der Waals surface area (Å²) in [6.45, 7) is 2.25. The highest BCUT2D eigenvalue weighted by atomic mass is 16.5. The van der Waals surface area contributed by atoms with E-state index in [1.807, 2.05) is 18.2 Å². The SMILES string of the molecule is CCCCCCCCc1cc(-c2ccccc2)no1. The van der Waals surface area contributed by atoms with Crippen LogP contribution in [-0.4, -0.2) is 5.16 Å². The van der Waals surface area contributed by atoms with Crippen molar-refractivity contribution in [2.45, 2.75) is 51.9 Å². The van der Waals surface area contributed by atoms with Gasteiger partial charge in [0.05, 0.1) is 0 Å². The summed E-state index contributed by atoms with van der Waals surface area (Å²) in [4.78, 5) is 0. The first-order valence-corrected chi connectivity index (χ1v) is 7.41. The number of aryl methyl sites for hydroxylation is 1. The summed E-state index contributed by atoms with van der Waals surface area (Å²) in [7, 11) is 0. The normalized spacial score (nSPS) is 10.8. The molecule has 2 rings (SSSR count). The van der Waals surface area contributed by atoms with Crippen LogP contribution in [0, 0.1) is 0 Å². The largest absolute Gasteiger partial charge is 0.361 e. The molecule has 0 spiro atoms. The minimum absolute atomic E-state index is 0.946. The summed E-state index contributed by atoms with van der Waals surface area (Å²) in [6, 6.07) is 12.3. The average molecular weight is 257 g/mol. The first kappa shape index (κ1) is 13.9. The molecule has 19 heavy (non-hydrogen) atoms. The van der Waals surface area contributed by atoms with Gasteiger partial charge in [0.1, 0.15) is 11.5 Å². The van der Waals surface area contributed by atoms with Crippen molar-refractivity contribution >= 4 is 0 Å². The molecule has 0 saturated carbocycles. The quantitative estimate of drug-likeness (QED) is 0.604. The summed E-state index contributed by atoms with van der Waals surface area (Å²) in [6.07, 6.45) is 8.87. The highest BCUT2D eigenvalue weighted by molar-refractivity contribution is 5.58. The molecule has 0 aliphatic heterocycles. The van der Waals surface area contributed by atoms with Crippen molar-refractivity contribution in [3.05, 3.63) is 42.2 Å². The van der Waals surface area contributed by atoms with E-state index in [1.54, 1.807) is 0 Å². The van der Waals surface area contributed by atoms with Gasteiger partial charge in [0.25, 0.3) is 0 Å². The number of hydrogen-bond donors (Lipinski definition) is 0. The second-order valence-electron chi connectivity index (χ2n) is 5.06. The summed E-state index contributed by atoms with van der Waals surface area (Å²) in [5, 5.41) is 4.14. The van der Waals surface area contributed by atoms with Crippen LogP contribution in [0.4, 0.5) is 0 Å². The van der Waals surface area contributed by atoms with Crippen molar-refractivity contribution in [2.24, 2.45) is 0 Å². The van der Waals surface area contributed by atoms with Crippen LogP contribution in [0.5, 0.6) is 0 Å². The first-order valence-electron chi connectivity index (χ1n) is 7.41. The lowest BCUT2D eigenvalue weighted by Gasteiger charge is -1.98. The van der Waals surface area contributed by atoms with Crippen LogP contribution in [0.1, 0.15) is 51.2 Å². The third kappa shape index (κ3) is 4.55. The molecule has 0 amide bonds. The minimum atomic E-state index is 0.946. The number of hydrogen-bond acceptors (Lipinski definition) is 2. The Morgan fingerprint density at radius 3 is 2.47 bits per heavy atom. The van der Waals surface area contributed by atoms with Gasteiger partial charge < -0.3 is 4.52 Å². The van der Waals surface area contributed by atoms with Gasteiger partial charge in [-0.2, -0.15) is 0 Å². The third-order valence-electron chi connectivity index (χ3n) is 3.41. The molecule has 1 aromatic heterocycles. The van der Waals surface area contributed by atoms with E-state index >= 15 is 0 Å². The second kappa shape index (κ2) is 7.78. The zero-order valence-corrected chi connectivity index (χ0v) is 11.8. The Morgan fingerprint density at radius 2 is 1.68 bits per heavy atom. The van der Waals surface area contributed by atoms with Gasteiger partial charge in [0.2, 0.25) is 0 Å². The predicted molar refractivity (Wildman–Crippen MR) is 79.0 cm³/mol. The smallest absolute Gasteiger partial charge is 0.137 e. The van der Waals surface area contributed by atoms with Gasteiger partial charge in [-0.3, -0.25) is 0 Å². The Bertz CT molecular complexity index is 461. The molecule has 0 aliphatic rings.